The largest absolute Gasteiger partial charge is 0.399 e. The molecule has 0 spiro atoms. The summed E-state index contributed by atoms with van der Waals surface area (Å²) in [5, 5.41) is 13.3. The van der Waals surface area contributed by atoms with Crippen LogP contribution in [0.2, 0.25) is 0 Å². The van der Waals surface area contributed by atoms with Gasteiger partial charge in [0.1, 0.15) is 0 Å². The summed E-state index contributed by atoms with van der Waals surface area (Å²) >= 11 is 0. The summed E-state index contributed by atoms with van der Waals surface area (Å²) in [6.07, 6.45) is 1.72. The number of nitrogens with one attached hydrogen (secondary N) is 1. The Morgan fingerprint density at radius 1 is 1.24 bits per heavy atom. The summed E-state index contributed by atoms with van der Waals surface area (Å²) in [4.78, 5) is 0. The van der Waals surface area contributed by atoms with Crippen LogP contribution in [0.5, 0.6) is 0 Å². The van der Waals surface area contributed by atoms with Crippen LogP contribution >= 0.6 is 0 Å². The van der Waals surface area contributed by atoms with Crippen molar-refractivity contribution in [3.63, 3.8) is 0 Å². The number of aliphatic hydroxyl groups excluding tert-OH is 1. The maximum atomic E-state index is 10.0. The second-order valence-electron chi connectivity index (χ2n) is 4.66. The highest BCUT2D eigenvalue weighted by atomic mass is 16.3. The van der Waals surface area contributed by atoms with Gasteiger partial charge >= 0.3 is 0 Å². The van der Waals surface area contributed by atoms with E-state index in [4.69, 9.17) is 5.73 Å². The molecule has 3 nitrogen and oxygen atoms in total. The van der Waals surface area contributed by atoms with Crippen molar-refractivity contribution in [3.8, 4) is 0 Å². The molecule has 0 heterocycles. The number of nitrogen functional groups attached to an aromatic ring is 1. The molecule has 4 N–H and O–H groups in total. The number of nitrogens with two attached hydrogens (primary N) is 1. The Morgan fingerprint density at radius 3 is 2.41 bits per heavy atom. The van der Waals surface area contributed by atoms with Crippen LogP contribution in [0.4, 0.5) is 11.4 Å². The molecule has 0 fully saturated rings. The molecule has 17 heavy (non-hydrogen) atoms. The topological polar surface area (TPSA) is 58.3 Å². The van der Waals surface area contributed by atoms with E-state index >= 15 is 0 Å². The van der Waals surface area contributed by atoms with Crippen LogP contribution in [-0.4, -0.2) is 17.8 Å². The Kier molecular flexibility index (Phi) is 5.29. The number of benzene rings is 1. The van der Waals surface area contributed by atoms with E-state index in [1.54, 1.807) is 0 Å². The maximum absolute atomic E-state index is 10.0. The average Bonchev–Trinajstić information content (AvgIpc) is 2.27. The van der Waals surface area contributed by atoms with Gasteiger partial charge in [-0.3, -0.25) is 0 Å². The van der Waals surface area contributed by atoms with Gasteiger partial charge in [0.2, 0.25) is 0 Å². The molecule has 1 rings (SSSR count). The standard InChI is InChI=1S/C14H24N2O/c1-4-11(5-2)14(17)9-16-13-7-10(3)6-12(15)8-13/h6-8,11,14,16-17H,4-5,9,15H2,1-3H3. The zero-order valence-corrected chi connectivity index (χ0v) is 11.0. The van der Waals surface area contributed by atoms with Gasteiger partial charge in [0, 0.05) is 17.9 Å². The molecule has 0 bridgehead atoms. The predicted octanol–water partition coefficient (Wildman–Crippen LogP) is 2.79. The lowest BCUT2D eigenvalue weighted by Gasteiger charge is -2.21. The van der Waals surface area contributed by atoms with Gasteiger partial charge in [-0.15, -0.1) is 0 Å². The molecule has 0 aromatic heterocycles. The SMILES string of the molecule is CCC(CC)C(O)CNc1cc(C)cc(N)c1. The molecule has 96 valence electrons. The first kappa shape index (κ1) is 13.8. The van der Waals surface area contributed by atoms with Crippen molar-refractivity contribution in [1.29, 1.82) is 0 Å². The smallest absolute Gasteiger partial charge is 0.0740 e. The predicted molar refractivity (Wildman–Crippen MR) is 74.2 cm³/mol. The number of hydrogen-bond acceptors (Lipinski definition) is 3. The minimum absolute atomic E-state index is 0.299. The summed E-state index contributed by atoms with van der Waals surface area (Å²) in [5.41, 5.74) is 8.64. The molecule has 1 aromatic rings. The number of anilines is 2. The molecule has 0 saturated heterocycles. The van der Waals surface area contributed by atoms with Gasteiger partial charge < -0.3 is 16.2 Å². The van der Waals surface area contributed by atoms with Crippen molar-refractivity contribution in [1.82, 2.24) is 0 Å². The first-order valence-electron chi connectivity index (χ1n) is 6.35. The zero-order chi connectivity index (χ0) is 12.8. The highest BCUT2D eigenvalue weighted by molar-refractivity contribution is 5.56. The molecule has 0 aliphatic rings. The maximum Gasteiger partial charge on any atom is 0.0740 e. The summed E-state index contributed by atoms with van der Waals surface area (Å²) < 4.78 is 0. The van der Waals surface area contributed by atoms with E-state index in [9.17, 15) is 5.11 Å². The van der Waals surface area contributed by atoms with Crippen molar-refractivity contribution in [2.75, 3.05) is 17.6 Å². The van der Waals surface area contributed by atoms with Crippen LogP contribution in [0.25, 0.3) is 0 Å². The Morgan fingerprint density at radius 2 is 1.88 bits per heavy atom. The van der Waals surface area contributed by atoms with E-state index in [-0.39, 0.29) is 6.10 Å². The molecule has 1 atom stereocenters. The van der Waals surface area contributed by atoms with Crippen LogP contribution in [-0.2, 0) is 0 Å². The minimum atomic E-state index is -0.299. The van der Waals surface area contributed by atoms with E-state index in [0.717, 1.165) is 29.8 Å². The fourth-order valence-corrected chi connectivity index (χ4v) is 2.14. The van der Waals surface area contributed by atoms with Crippen LogP contribution in [0, 0.1) is 12.8 Å². The average molecular weight is 236 g/mol. The van der Waals surface area contributed by atoms with E-state index in [1.807, 2.05) is 25.1 Å². The normalized spacial score (nSPS) is 12.8. The number of aryl methyl sites for hydroxylation is 1. The molecule has 1 aromatic carbocycles. The Hall–Kier alpha value is -1.22. The number of rotatable bonds is 6. The van der Waals surface area contributed by atoms with Crippen molar-refractivity contribution in [3.05, 3.63) is 23.8 Å². The van der Waals surface area contributed by atoms with Gasteiger partial charge in [-0.1, -0.05) is 26.7 Å². The third-order valence-electron chi connectivity index (χ3n) is 3.21. The van der Waals surface area contributed by atoms with Crippen LogP contribution in [0.3, 0.4) is 0 Å². The summed E-state index contributed by atoms with van der Waals surface area (Å²) in [5.74, 6) is 0.365. The first-order chi connectivity index (χ1) is 8.06. The fourth-order valence-electron chi connectivity index (χ4n) is 2.14. The second kappa shape index (κ2) is 6.50. The van der Waals surface area contributed by atoms with Gasteiger partial charge in [-0.2, -0.15) is 0 Å². The third kappa shape index (κ3) is 4.27. The molecule has 0 aliphatic carbocycles. The molecular weight excluding hydrogens is 212 g/mol. The molecule has 0 saturated carbocycles. The van der Waals surface area contributed by atoms with Crippen molar-refractivity contribution in [2.24, 2.45) is 5.92 Å². The quantitative estimate of drug-likeness (QED) is 0.666. The second-order valence-corrected chi connectivity index (χ2v) is 4.66. The Bertz CT molecular complexity index is 328. The third-order valence-corrected chi connectivity index (χ3v) is 3.21. The van der Waals surface area contributed by atoms with Crippen LogP contribution in [0.15, 0.2) is 18.2 Å². The highest BCUT2D eigenvalue weighted by Crippen LogP contribution is 2.18. The number of aliphatic hydroxyl groups is 1. The van der Waals surface area contributed by atoms with Crippen molar-refractivity contribution >= 4 is 11.4 Å². The Labute approximate surface area is 104 Å². The molecule has 1 unspecified atom stereocenters. The summed E-state index contributed by atoms with van der Waals surface area (Å²) in [7, 11) is 0. The highest BCUT2D eigenvalue weighted by Gasteiger charge is 2.14. The lowest BCUT2D eigenvalue weighted by atomic mass is 9.96. The van der Waals surface area contributed by atoms with Gasteiger partial charge in [0.15, 0.2) is 0 Å². The van der Waals surface area contributed by atoms with E-state index in [1.165, 1.54) is 0 Å². The molecule has 3 heteroatoms. The number of hydrogen-bond donors (Lipinski definition) is 3. The Balaban J connectivity index is 2.55. The lowest BCUT2D eigenvalue weighted by molar-refractivity contribution is 0.114. The summed E-state index contributed by atoms with van der Waals surface area (Å²) in [6.45, 7) is 6.82. The van der Waals surface area contributed by atoms with Gasteiger partial charge in [0.05, 0.1) is 6.10 Å². The summed E-state index contributed by atoms with van der Waals surface area (Å²) in [6, 6.07) is 5.87. The lowest BCUT2D eigenvalue weighted by Crippen LogP contribution is -2.27. The van der Waals surface area contributed by atoms with E-state index in [2.05, 4.69) is 19.2 Å². The zero-order valence-electron chi connectivity index (χ0n) is 11.0. The minimum Gasteiger partial charge on any atom is -0.399 e. The van der Waals surface area contributed by atoms with Crippen molar-refractivity contribution in [2.45, 2.75) is 39.7 Å². The van der Waals surface area contributed by atoms with Gasteiger partial charge in [-0.05, 0) is 36.6 Å². The monoisotopic (exact) mass is 236 g/mol. The van der Waals surface area contributed by atoms with Gasteiger partial charge in [-0.25, -0.2) is 0 Å². The molecule has 0 radical (unpaired) electrons. The van der Waals surface area contributed by atoms with E-state index < -0.39 is 0 Å². The van der Waals surface area contributed by atoms with E-state index in [0.29, 0.717) is 12.5 Å². The molecule has 0 amide bonds. The van der Waals surface area contributed by atoms with Crippen LogP contribution < -0.4 is 11.1 Å². The van der Waals surface area contributed by atoms with Crippen molar-refractivity contribution < 1.29 is 5.11 Å². The van der Waals surface area contributed by atoms with Gasteiger partial charge in [0.25, 0.3) is 0 Å². The molecular formula is C14H24N2O. The first-order valence-corrected chi connectivity index (χ1v) is 6.35. The van der Waals surface area contributed by atoms with Crippen LogP contribution in [0.1, 0.15) is 32.3 Å². The molecule has 0 aliphatic heterocycles. The fraction of sp³-hybridized carbons (Fsp3) is 0.571.